The molecular formula is C32H29N5O3. The molecule has 0 saturated carbocycles. The summed E-state index contributed by atoms with van der Waals surface area (Å²) in [5.74, 6) is 1.13. The van der Waals surface area contributed by atoms with E-state index in [1.807, 2.05) is 66.7 Å². The second-order valence-corrected chi connectivity index (χ2v) is 9.21. The van der Waals surface area contributed by atoms with Gasteiger partial charge in [0.05, 0.1) is 18.2 Å². The number of nitrogens with zero attached hydrogens (tertiary/aromatic N) is 3. The van der Waals surface area contributed by atoms with Gasteiger partial charge < -0.3 is 24.9 Å². The van der Waals surface area contributed by atoms with E-state index >= 15 is 0 Å². The van der Waals surface area contributed by atoms with Crippen molar-refractivity contribution < 1.29 is 14.3 Å². The van der Waals surface area contributed by atoms with Gasteiger partial charge in [0.2, 0.25) is 5.89 Å². The normalized spacial score (nSPS) is 10.7. The highest BCUT2D eigenvalue weighted by molar-refractivity contribution is 5.75. The standard InChI is InChI=1S/C32H29N5O3/c1-22-28(25-9-3-2-4-10-25)11-6-12-29(22)31-36-37-32(40-31)35-27-13-14-30(26(18-27)20-34-15-16-38)39-21-24-8-5-7-23(17-24)19-33/h2-14,17-18,34,38H,15-16,20-21H2,1H3,(H,35,37). The molecule has 0 amide bonds. The van der Waals surface area contributed by atoms with E-state index in [9.17, 15) is 5.11 Å². The summed E-state index contributed by atoms with van der Waals surface area (Å²) < 4.78 is 12.1. The van der Waals surface area contributed by atoms with Gasteiger partial charge in [-0.3, -0.25) is 0 Å². The fraction of sp³-hybridized carbons (Fsp3) is 0.156. The third-order valence-electron chi connectivity index (χ3n) is 6.44. The van der Waals surface area contributed by atoms with Crippen LogP contribution in [0.2, 0.25) is 0 Å². The zero-order valence-corrected chi connectivity index (χ0v) is 22.1. The van der Waals surface area contributed by atoms with Crippen molar-refractivity contribution in [1.29, 1.82) is 5.26 Å². The van der Waals surface area contributed by atoms with Crippen molar-refractivity contribution in [2.45, 2.75) is 20.1 Å². The fourth-order valence-electron chi connectivity index (χ4n) is 4.43. The van der Waals surface area contributed by atoms with E-state index in [0.29, 0.717) is 36.9 Å². The Bertz CT molecular complexity index is 1630. The third kappa shape index (κ3) is 6.35. The molecule has 0 aliphatic rings. The summed E-state index contributed by atoms with van der Waals surface area (Å²) in [5.41, 5.74) is 7.31. The largest absolute Gasteiger partial charge is 0.489 e. The molecule has 8 heteroatoms. The van der Waals surface area contributed by atoms with E-state index in [1.165, 1.54) is 0 Å². The van der Waals surface area contributed by atoms with E-state index in [0.717, 1.165) is 39.1 Å². The first-order valence-corrected chi connectivity index (χ1v) is 13.0. The number of benzene rings is 4. The Morgan fingerprint density at radius 1 is 0.925 bits per heavy atom. The quantitative estimate of drug-likeness (QED) is 0.178. The van der Waals surface area contributed by atoms with Crippen molar-refractivity contribution in [1.82, 2.24) is 15.5 Å². The van der Waals surface area contributed by atoms with Crippen LogP contribution >= 0.6 is 0 Å². The summed E-state index contributed by atoms with van der Waals surface area (Å²) in [4.78, 5) is 0. The van der Waals surface area contributed by atoms with Crippen molar-refractivity contribution in [3.8, 4) is 34.4 Å². The summed E-state index contributed by atoms with van der Waals surface area (Å²) in [5, 5.41) is 33.3. The van der Waals surface area contributed by atoms with Gasteiger partial charge in [-0.25, -0.2) is 0 Å². The smallest absolute Gasteiger partial charge is 0.320 e. The summed E-state index contributed by atoms with van der Waals surface area (Å²) >= 11 is 0. The molecule has 0 unspecified atom stereocenters. The Morgan fingerprint density at radius 2 is 1.75 bits per heavy atom. The maximum Gasteiger partial charge on any atom is 0.320 e. The SMILES string of the molecule is Cc1c(-c2ccccc2)cccc1-c1nnc(Nc2ccc(OCc3cccc(C#N)c3)c(CNCCO)c2)o1. The molecule has 0 aliphatic carbocycles. The van der Waals surface area contributed by atoms with Crippen molar-refractivity contribution in [2.75, 3.05) is 18.5 Å². The molecule has 40 heavy (non-hydrogen) atoms. The van der Waals surface area contributed by atoms with E-state index in [-0.39, 0.29) is 12.6 Å². The van der Waals surface area contributed by atoms with E-state index < -0.39 is 0 Å². The highest BCUT2D eigenvalue weighted by atomic mass is 16.5. The van der Waals surface area contributed by atoms with Crippen LogP contribution in [-0.2, 0) is 13.2 Å². The van der Waals surface area contributed by atoms with Gasteiger partial charge in [0, 0.05) is 29.9 Å². The van der Waals surface area contributed by atoms with Gasteiger partial charge in [0.1, 0.15) is 12.4 Å². The van der Waals surface area contributed by atoms with Crippen LogP contribution in [-0.4, -0.2) is 28.5 Å². The Hall–Kier alpha value is -4.97. The number of nitriles is 1. The number of hydrogen-bond acceptors (Lipinski definition) is 8. The van der Waals surface area contributed by atoms with Gasteiger partial charge in [-0.15, -0.1) is 5.10 Å². The van der Waals surface area contributed by atoms with Gasteiger partial charge >= 0.3 is 6.01 Å². The van der Waals surface area contributed by atoms with Crippen LogP contribution in [0.3, 0.4) is 0 Å². The number of hydrogen-bond donors (Lipinski definition) is 3. The predicted octanol–water partition coefficient (Wildman–Crippen LogP) is 5.99. The molecule has 5 aromatic rings. The first-order chi connectivity index (χ1) is 19.6. The Balaban J connectivity index is 1.34. The van der Waals surface area contributed by atoms with Crippen LogP contribution in [0.5, 0.6) is 5.75 Å². The summed E-state index contributed by atoms with van der Waals surface area (Å²) in [6, 6.07) is 31.7. The van der Waals surface area contributed by atoms with Crippen molar-refractivity contribution in [3.05, 3.63) is 113 Å². The minimum absolute atomic E-state index is 0.0325. The van der Waals surface area contributed by atoms with Crippen LogP contribution in [0, 0.1) is 18.3 Å². The second-order valence-electron chi connectivity index (χ2n) is 9.21. The number of anilines is 2. The van der Waals surface area contributed by atoms with Crippen LogP contribution in [0.25, 0.3) is 22.6 Å². The molecule has 8 nitrogen and oxygen atoms in total. The first kappa shape index (κ1) is 26.6. The molecule has 5 rings (SSSR count). The molecule has 4 aromatic carbocycles. The van der Waals surface area contributed by atoms with Crippen LogP contribution in [0.1, 0.15) is 22.3 Å². The van der Waals surface area contributed by atoms with Crippen molar-refractivity contribution in [2.24, 2.45) is 0 Å². The molecule has 0 atom stereocenters. The second kappa shape index (κ2) is 12.7. The van der Waals surface area contributed by atoms with Gasteiger partial charge in [-0.2, -0.15) is 5.26 Å². The lowest BCUT2D eigenvalue weighted by Crippen LogP contribution is -2.18. The van der Waals surface area contributed by atoms with E-state index in [4.69, 9.17) is 14.4 Å². The Kier molecular flexibility index (Phi) is 8.47. The lowest BCUT2D eigenvalue weighted by molar-refractivity contribution is 0.288. The van der Waals surface area contributed by atoms with Gasteiger partial charge in [-0.05, 0) is 65.6 Å². The van der Waals surface area contributed by atoms with Crippen molar-refractivity contribution in [3.63, 3.8) is 0 Å². The summed E-state index contributed by atoms with van der Waals surface area (Å²) in [6.07, 6.45) is 0. The van der Waals surface area contributed by atoms with Crippen LogP contribution < -0.4 is 15.4 Å². The molecule has 200 valence electrons. The number of aliphatic hydroxyl groups excluding tert-OH is 1. The lowest BCUT2D eigenvalue weighted by Gasteiger charge is -2.14. The number of aromatic nitrogens is 2. The maximum atomic E-state index is 9.20. The molecule has 1 aromatic heterocycles. The fourth-order valence-corrected chi connectivity index (χ4v) is 4.43. The third-order valence-corrected chi connectivity index (χ3v) is 6.44. The number of nitrogens with one attached hydrogen (secondary N) is 2. The summed E-state index contributed by atoms with van der Waals surface area (Å²) in [7, 11) is 0. The number of ether oxygens (including phenoxy) is 1. The minimum Gasteiger partial charge on any atom is -0.489 e. The van der Waals surface area contributed by atoms with Gasteiger partial charge in [0.25, 0.3) is 0 Å². The zero-order valence-electron chi connectivity index (χ0n) is 22.1. The number of aliphatic hydroxyl groups is 1. The van der Waals surface area contributed by atoms with Crippen LogP contribution in [0.4, 0.5) is 11.7 Å². The Labute approximate surface area is 232 Å². The monoisotopic (exact) mass is 531 g/mol. The molecule has 0 fully saturated rings. The highest BCUT2D eigenvalue weighted by Gasteiger charge is 2.15. The minimum atomic E-state index is 0.0325. The highest BCUT2D eigenvalue weighted by Crippen LogP contribution is 2.32. The lowest BCUT2D eigenvalue weighted by atomic mass is 9.96. The maximum absolute atomic E-state index is 9.20. The molecule has 0 radical (unpaired) electrons. The average Bonchev–Trinajstić information content (AvgIpc) is 3.45. The van der Waals surface area contributed by atoms with E-state index in [1.54, 1.807) is 6.07 Å². The van der Waals surface area contributed by atoms with E-state index in [2.05, 4.69) is 52.0 Å². The Morgan fingerprint density at radius 3 is 2.58 bits per heavy atom. The van der Waals surface area contributed by atoms with Crippen LogP contribution in [0.15, 0.2) is 95.4 Å². The average molecular weight is 532 g/mol. The zero-order chi connectivity index (χ0) is 27.7. The molecule has 0 spiro atoms. The molecule has 0 bridgehead atoms. The van der Waals surface area contributed by atoms with Gasteiger partial charge in [0.15, 0.2) is 0 Å². The molecular weight excluding hydrogens is 502 g/mol. The molecule has 1 heterocycles. The first-order valence-electron chi connectivity index (χ1n) is 13.0. The molecule has 3 N–H and O–H groups in total. The number of rotatable bonds is 11. The molecule has 0 saturated heterocycles. The van der Waals surface area contributed by atoms with Gasteiger partial charge in [-0.1, -0.05) is 59.7 Å². The van der Waals surface area contributed by atoms with Crippen molar-refractivity contribution >= 4 is 11.7 Å². The topological polar surface area (TPSA) is 116 Å². The predicted molar refractivity (Wildman–Crippen MR) is 154 cm³/mol. The molecule has 0 aliphatic heterocycles. The summed E-state index contributed by atoms with van der Waals surface area (Å²) in [6.45, 7) is 3.35.